The Morgan fingerprint density at radius 2 is 2.30 bits per heavy atom. The van der Waals surface area contributed by atoms with Crippen LogP contribution < -0.4 is 5.32 Å². The summed E-state index contributed by atoms with van der Waals surface area (Å²) in [5.41, 5.74) is 2.62. The normalized spacial score (nSPS) is 17.0. The molecule has 0 spiro atoms. The van der Waals surface area contributed by atoms with Gasteiger partial charge in [0.15, 0.2) is 0 Å². The minimum Gasteiger partial charge on any atom is -0.346 e. The molecule has 1 N–H and O–H groups in total. The number of amides is 1. The van der Waals surface area contributed by atoms with Crippen molar-refractivity contribution in [2.45, 2.75) is 32.4 Å². The number of hydrogen-bond donors (Lipinski definition) is 1. The third-order valence-corrected chi connectivity index (χ3v) is 5.53. The molecule has 23 heavy (non-hydrogen) atoms. The quantitative estimate of drug-likeness (QED) is 0.794. The molecule has 3 aromatic rings. The molecule has 1 amide bonds. The molecule has 0 unspecified atom stereocenters. The molecule has 0 saturated heterocycles. The lowest BCUT2D eigenvalue weighted by molar-refractivity contribution is 0.0923. The van der Waals surface area contributed by atoms with E-state index in [4.69, 9.17) is 0 Å². The number of carbonyl (C=O) groups is 1. The van der Waals surface area contributed by atoms with Crippen LogP contribution in [-0.2, 0) is 13.0 Å². The van der Waals surface area contributed by atoms with Gasteiger partial charge >= 0.3 is 0 Å². The average molecular weight is 344 g/mol. The van der Waals surface area contributed by atoms with Crippen LogP contribution in [0.1, 0.15) is 28.4 Å². The van der Waals surface area contributed by atoms with Gasteiger partial charge in [0.25, 0.3) is 5.91 Å². The van der Waals surface area contributed by atoms with Gasteiger partial charge in [0.2, 0.25) is 0 Å². The highest BCUT2D eigenvalue weighted by atomic mass is 32.1. The van der Waals surface area contributed by atoms with E-state index in [0.29, 0.717) is 5.69 Å². The fourth-order valence-corrected chi connectivity index (χ4v) is 4.37. The maximum absolute atomic E-state index is 12.4. The van der Waals surface area contributed by atoms with Crippen molar-refractivity contribution in [1.82, 2.24) is 19.9 Å². The van der Waals surface area contributed by atoms with Crippen LogP contribution in [0.3, 0.4) is 0 Å². The molecule has 0 aromatic carbocycles. The number of thiophene rings is 1. The van der Waals surface area contributed by atoms with Crippen molar-refractivity contribution < 1.29 is 4.79 Å². The van der Waals surface area contributed by atoms with Crippen LogP contribution in [0.25, 0.3) is 10.6 Å². The molecule has 5 nitrogen and oxygen atoms in total. The fraction of sp³-hybridized carbons (Fsp3) is 0.312. The molecule has 118 valence electrons. The first-order chi connectivity index (χ1) is 11.2. The van der Waals surface area contributed by atoms with Gasteiger partial charge in [-0.25, -0.2) is 9.97 Å². The molecule has 7 heteroatoms. The standard InChI is InChI=1S/C16H16N4OS2/c1-10-6-20-7-12(2-3-14(20)17-10)18-15(21)13-9-23-16(19-13)11-4-5-22-8-11/h4-6,8-9,12H,2-3,7H2,1H3,(H,18,21)/t12-/m1/s1. The maximum atomic E-state index is 12.4. The van der Waals surface area contributed by atoms with Crippen LogP contribution in [0.2, 0.25) is 0 Å². The second kappa shape index (κ2) is 5.90. The predicted octanol–water partition coefficient (Wildman–Crippen LogP) is 3.12. The zero-order valence-electron chi connectivity index (χ0n) is 12.7. The summed E-state index contributed by atoms with van der Waals surface area (Å²) in [5.74, 6) is 1.02. The van der Waals surface area contributed by atoms with Crippen molar-refractivity contribution in [2.75, 3.05) is 0 Å². The zero-order chi connectivity index (χ0) is 15.8. The maximum Gasteiger partial charge on any atom is 0.271 e. The number of imidazole rings is 1. The van der Waals surface area contributed by atoms with E-state index in [1.165, 1.54) is 11.3 Å². The van der Waals surface area contributed by atoms with E-state index < -0.39 is 0 Å². The van der Waals surface area contributed by atoms with Crippen LogP contribution in [0, 0.1) is 6.92 Å². The molecule has 4 heterocycles. The van der Waals surface area contributed by atoms with Crippen molar-refractivity contribution in [1.29, 1.82) is 0 Å². The van der Waals surface area contributed by atoms with Gasteiger partial charge in [-0.05, 0) is 24.8 Å². The first-order valence-electron chi connectivity index (χ1n) is 7.50. The molecule has 3 aromatic heterocycles. The lowest BCUT2D eigenvalue weighted by Gasteiger charge is -2.24. The van der Waals surface area contributed by atoms with E-state index in [9.17, 15) is 4.79 Å². The van der Waals surface area contributed by atoms with Gasteiger partial charge in [0.05, 0.1) is 5.69 Å². The van der Waals surface area contributed by atoms with Gasteiger partial charge in [-0.1, -0.05) is 0 Å². The highest BCUT2D eigenvalue weighted by Gasteiger charge is 2.22. The minimum atomic E-state index is -0.0898. The van der Waals surface area contributed by atoms with Gasteiger partial charge in [0, 0.05) is 41.5 Å². The number of rotatable bonds is 3. The average Bonchev–Trinajstić information content (AvgIpc) is 3.26. The van der Waals surface area contributed by atoms with Crippen LogP contribution in [0.15, 0.2) is 28.4 Å². The van der Waals surface area contributed by atoms with E-state index in [-0.39, 0.29) is 11.9 Å². The summed E-state index contributed by atoms with van der Waals surface area (Å²) < 4.78 is 2.14. The van der Waals surface area contributed by atoms with E-state index in [1.807, 2.05) is 35.3 Å². The summed E-state index contributed by atoms with van der Waals surface area (Å²) in [6, 6.07) is 2.16. The largest absolute Gasteiger partial charge is 0.346 e. The second-order valence-corrected chi connectivity index (χ2v) is 7.35. The lowest BCUT2D eigenvalue weighted by atomic mass is 10.1. The molecule has 0 saturated carbocycles. The van der Waals surface area contributed by atoms with E-state index in [1.54, 1.807) is 11.3 Å². The van der Waals surface area contributed by atoms with Crippen molar-refractivity contribution in [3.05, 3.63) is 45.6 Å². The number of hydrogen-bond acceptors (Lipinski definition) is 5. The first kappa shape index (κ1) is 14.6. The highest BCUT2D eigenvalue weighted by Crippen LogP contribution is 2.25. The van der Waals surface area contributed by atoms with Gasteiger partial charge in [-0.2, -0.15) is 11.3 Å². The Bertz CT molecular complexity index is 834. The number of carbonyl (C=O) groups excluding carboxylic acids is 1. The van der Waals surface area contributed by atoms with Crippen LogP contribution in [0.4, 0.5) is 0 Å². The third kappa shape index (κ3) is 2.94. The van der Waals surface area contributed by atoms with Crippen molar-refractivity contribution >= 4 is 28.6 Å². The molecule has 1 aliphatic rings. The highest BCUT2D eigenvalue weighted by molar-refractivity contribution is 7.14. The van der Waals surface area contributed by atoms with E-state index in [0.717, 1.165) is 41.5 Å². The van der Waals surface area contributed by atoms with Crippen molar-refractivity contribution in [3.63, 3.8) is 0 Å². The summed E-state index contributed by atoms with van der Waals surface area (Å²) in [6.45, 7) is 2.78. The monoisotopic (exact) mass is 344 g/mol. The van der Waals surface area contributed by atoms with Crippen molar-refractivity contribution in [2.24, 2.45) is 0 Å². The Morgan fingerprint density at radius 3 is 3.13 bits per heavy atom. The van der Waals surface area contributed by atoms with Crippen molar-refractivity contribution in [3.8, 4) is 10.6 Å². The minimum absolute atomic E-state index is 0.0898. The van der Waals surface area contributed by atoms with Gasteiger partial charge in [-0.15, -0.1) is 11.3 Å². The second-order valence-electron chi connectivity index (χ2n) is 5.71. The molecular weight excluding hydrogens is 328 g/mol. The molecule has 0 radical (unpaired) electrons. The van der Waals surface area contributed by atoms with Crippen LogP contribution >= 0.6 is 22.7 Å². The Labute approximate surface area is 142 Å². The summed E-state index contributed by atoms with van der Waals surface area (Å²) in [4.78, 5) is 21.4. The smallest absolute Gasteiger partial charge is 0.271 e. The predicted molar refractivity (Wildman–Crippen MR) is 92.0 cm³/mol. The number of aromatic nitrogens is 3. The summed E-state index contributed by atoms with van der Waals surface area (Å²) in [5, 5.41) is 9.89. The van der Waals surface area contributed by atoms with Crippen LogP contribution in [-0.4, -0.2) is 26.5 Å². The lowest BCUT2D eigenvalue weighted by Crippen LogP contribution is -2.41. The van der Waals surface area contributed by atoms with Crippen LogP contribution in [0.5, 0.6) is 0 Å². The van der Waals surface area contributed by atoms with E-state index in [2.05, 4.69) is 19.9 Å². The summed E-state index contributed by atoms with van der Waals surface area (Å²) in [7, 11) is 0. The summed E-state index contributed by atoms with van der Waals surface area (Å²) in [6.07, 6.45) is 3.87. The Hall–Kier alpha value is -1.99. The third-order valence-electron chi connectivity index (χ3n) is 3.95. The van der Waals surface area contributed by atoms with Gasteiger partial charge < -0.3 is 9.88 Å². The van der Waals surface area contributed by atoms with E-state index >= 15 is 0 Å². The SMILES string of the molecule is Cc1cn2c(n1)CC[C@@H](NC(=O)c1csc(-c3ccsc3)n1)C2. The number of fused-ring (bicyclic) bond motifs is 1. The molecule has 4 rings (SSSR count). The Morgan fingerprint density at radius 1 is 1.39 bits per heavy atom. The number of nitrogens with zero attached hydrogens (tertiary/aromatic N) is 3. The van der Waals surface area contributed by atoms with Gasteiger partial charge in [-0.3, -0.25) is 4.79 Å². The molecule has 1 atom stereocenters. The summed E-state index contributed by atoms with van der Waals surface area (Å²) >= 11 is 3.14. The molecule has 0 fully saturated rings. The zero-order valence-corrected chi connectivity index (χ0v) is 14.3. The fourth-order valence-electron chi connectivity index (χ4n) is 2.86. The Kier molecular flexibility index (Phi) is 3.74. The Balaban J connectivity index is 1.44. The molecule has 0 bridgehead atoms. The number of aryl methyl sites for hydroxylation is 2. The topological polar surface area (TPSA) is 59.8 Å². The van der Waals surface area contributed by atoms with Gasteiger partial charge in [0.1, 0.15) is 16.5 Å². The first-order valence-corrected chi connectivity index (χ1v) is 9.33. The molecule has 1 aliphatic heterocycles. The number of thiazole rings is 1. The number of nitrogens with one attached hydrogen (secondary N) is 1. The molecule has 0 aliphatic carbocycles. The molecular formula is C16H16N4OS2.